The second kappa shape index (κ2) is 3.61. The van der Waals surface area contributed by atoms with Crippen LogP contribution in [-0.2, 0) is 0 Å². The molecule has 1 nitrogen and oxygen atoms in total. The maximum Gasteiger partial charge on any atom is 0.0645 e. The molecular formula is C9H17NS. The number of aliphatic imine (C=N–C) groups is 1. The van der Waals surface area contributed by atoms with E-state index >= 15 is 0 Å². The van der Waals surface area contributed by atoms with E-state index < -0.39 is 0 Å². The highest BCUT2D eigenvalue weighted by Crippen LogP contribution is 2.26. The van der Waals surface area contributed by atoms with Crippen LogP contribution in [0.2, 0.25) is 0 Å². The average molecular weight is 171 g/mol. The van der Waals surface area contributed by atoms with Crippen molar-refractivity contribution in [3.05, 3.63) is 0 Å². The van der Waals surface area contributed by atoms with Gasteiger partial charge in [-0.05, 0) is 30.9 Å². The smallest absolute Gasteiger partial charge is 0.0645 e. The van der Waals surface area contributed by atoms with Crippen molar-refractivity contribution in [3.8, 4) is 0 Å². The Morgan fingerprint density at radius 1 is 1.45 bits per heavy atom. The van der Waals surface area contributed by atoms with Gasteiger partial charge in [0.05, 0.1) is 5.04 Å². The van der Waals surface area contributed by atoms with Crippen molar-refractivity contribution < 1.29 is 0 Å². The predicted molar refractivity (Wildman–Crippen MR) is 53.4 cm³/mol. The van der Waals surface area contributed by atoms with Gasteiger partial charge in [-0.3, -0.25) is 4.99 Å². The van der Waals surface area contributed by atoms with E-state index in [0.717, 1.165) is 6.54 Å². The third-order valence-electron chi connectivity index (χ3n) is 2.04. The van der Waals surface area contributed by atoms with Gasteiger partial charge in [0.25, 0.3) is 0 Å². The van der Waals surface area contributed by atoms with Crippen molar-refractivity contribution in [1.82, 2.24) is 0 Å². The molecule has 0 saturated heterocycles. The number of hydrogen-bond acceptors (Lipinski definition) is 2. The highest BCUT2D eigenvalue weighted by molar-refractivity contribution is 8.13. The Hall–Kier alpha value is 0.0200. The quantitative estimate of drug-likeness (QED) is 0.546. The molecule has 0 aromatic rings. The normalized spacial score (nSPS) is 25.2. The molecule has 0 unspecified atom stereocenters. The fourth-order valence-corrected chi connectivity index (χ4v) is 1.96. The Bertz CT molecular complexity index is 161. The average Bonchev–Trinajstić information content (AvgIpc) is 1.92. The molecule has 0 atom stereocenters. The summed E-state index contributed by atoms with van der Waals surface area (Å²) in [4.78, 5) is 4.52. The highest BCUT2D eigenvalue weighted by Gasteiger charge is 2.18. The monoisotopic (exact) mass is 171 g/mol. The van der Waals surface area contributed by atoms with Gasteiger partial charge in [0.2, 0.25) is 0 Å². The number of rotatable bonds is 0. The van der Waals surface area contributed by atoms with E-state index in [1.807, 2.05) is 11.8 Å². The lowest BCUT2D eigenvalue weighted by molar-refractivity contribution is 0.345. The largest absolute Gasteiger partial charge is 0.283 e. The number of thioether (sulfide) groups is 1. The van der Waals surface area contributed by atoms with Crippen molar-refractivity contribution in [2.24, 2.45) is 10.4 Å². The molecule has 0 amide bonds. The molecule has 0 aromatic carbocycles. The van der Waals surface area contributed by atoms with Gasteiger partial charge in [-0.1, -0.05) is 13.8 Å². The first-order valence-corrected chi connectivity index (χ1v) is 5.23. The molecule has 0 saturated carbocycles. The molecule has 11 heavy (non-hydrogen) atoms. The lowest BCUT2D eigenvalue weighted by Crippen LogP contribution is -2.18. The van der Waals surface area contributed by atoms with Gasteiger partial charge in [0, 0.05) is 6.54 Å². The van der Waals surface area contributed by atoms with Gasteiger partial charge in [-0.15, -0.1) is 11.8 Å². The Labute approximate surface area is 73.7 Å². The van der Waals surface area contributed by atoms with E-state index in [1.54, 1.807) is 0 Å². The van der Waals surface area contributed by atoms with Crippen molar-refractivity contribution in [1.29, 1.82) is 0 Å². The van der Waals surface area contributed by atoms with Gasteiger partial charge in [-0.2, -0.15) is 0 Å². The van der Waals surface area contributed by atoms with Crippen LogP contribution in [0.4, 0.5) is 0 Å². The van der Waals surface area contributed by atoms with Gasteiger partial charge in [0.1, 0.15) is 0 Å². The van der Waals surface area contributed by atoms with Gasteiger partial charge in [-0.25, -0.2) is 0 Å². The SMILES string of the molecule is CC1=NCC(C)(C)CCCS1. The van der Waals surface area contributed by atoms with E-state index in [-0.39, 0.29) is 0 Å². The van der Waals surface area contributed by atoms with Gasteiger partial charge in [0.15, 0.2) is 0 Å². The molecule has 0 radical (unpaired) electrons. The summed E-state index contributed by atoms with van der Waals surface area (Å²) in [6.45, 7) is 7.73. The molecule has 1 heterocycles. The first-order valence-electron chi connectivity index (χ1n) is 4.24. The van der Waals surface area contributed by atoms with Gasteiger partial charge >= 0.3 is 0 Å². The van der Waals surface area contributed by atoms with Crippen molar-refractivity contribution in [2.45, 2.75) is 33.6 Å². The molecule has 0 N–H and O–H groups in total. The van der Waals surface area contributed by atoms with Crippen LogP contribution >= 0.6 is 11.8 Å². The molecule has 2 heteroatoms. The van der Waals surface area contributed by atoms with Crippen LogP contribution in [0.5, 0.6) is 0 Å². The van der Waals surface area contributed by atoms with E-state index in [4.69, 9.17) is 0 Å². The summed E-state index contributed by atoms with van der Waals surface area (Å²) in [6, 6.07) is 0. The van der Waals surface area contributed by atoms with E-state index in [9.17, 15) is 0 Å². The number of hydrogen-bond donors (Lipinski definition) is 0. The maximum absolute atomic E-state index is 4.52. The zero-order valence-corrected chi connectivity index (χ0v) is 8.50. The van der Waals surface area contributed by atoms with Crippen molar-refractivity contribution in [3.63, 3.8) is 0 Å². The summed E-state index contributed by atoms with van der Waals surface area (Å²) in [5, 5.41) is 1.26. The molecule has 0 fully saturated rings. The zero-order chi connectivity index (χ0) is 8.32. The second-order valence-electron chi connectivity index (χ2n) is 3.95. The zero-order valence-electron chi connectivity index (χ0n) is 7.68. The lowest BCUT2D eigenvalue weighted by Gasteiger charge is -2.24. The summed E-state index contributed by atoms with van der Waals surface area (Å²) in [6.07, 6.45) is 2.65. The molecule has 0 spiro atoms. The Balaban J connectivity index is 2.56. The third kappa shape index (κ3) is 3.28. The summed E-state index contributed by atoms with van der Waals surface area (Å²) in [5.74, 6) is 1.25. The molecule has 1 aliphatic rings. The Morgan fingerprint density at radius 3 is 2.91 bits per heavy atom. The van der Waals surface area contributed by atoms with Gasteiger partial charge < -0.3 is 0 Å². The minimum Gasteiger partial charge on any atom is -0.283 e. The van der Waals surface area contributed by atoms with Crippen molar-refractivity contribution >= 4 is 16.8 Å². The van der Waals surface area contributed by atoms with Crippen LogP contribution < -0.4 is 0 Å². The highest BCUT2D eigenvalue weighted by atomic mass is 32.2. The predicted octanol–water partition coefficient (Wildman–Crippen LogP) is 2.96. The van der Waals surface area contributed by atoms with Crippen LogP contribution in [0.3, 0.4) is 0 Å². The summed E-state index contributed by atoms with van der Waals surface area (Å²) < 4.78 is 0. The number of nitrogens with zero attached hydrogens (tertiary/aromatic N) is 1. The molecule has 0 aromatic heterocycles. The van der Waals surface area contributed by atoms with Crippen molar-refractivity contribution in [2.75, 3.05) is 12.3 Å². The van der Waals surface area contributed by atoms with Crippen LogP contribution in [0.1, 0.15) is 33.6 Å². The van der Waals surface area contributed by atoms with Crippen LogP contribution in [0.25, 0.3) is 0 Å². The lowest BCUT2D eigenvalue weighted by atomic mass is 9.88. The summed E-state index contributed by atoms with van der Waals surface area (Å²) in [7, 11) is 0. The Kier molecular flexibility index (Phi) is 2.99. The van der Waals surface area contributed by atoms with E-state index in [0.29, 0.717) is 5.41 Å². The van der Waals surface area contributed by atoms with Crippen LogP contribution in [0, 0.1) is 5.41 Å². The van der Waals surface area contributed by atoms with Crippen LogP contribution in [-0.4, -0.2) is 17.3 Å². The molecule has 0 bridgehead atoms. The minimum absolute atomic E-state index is 0.433. The molecule has 64 valence electrons. The van der Waals surface area contributed by atoms with E-state index in [2.05, 4.69) is 25.8 Å². The minimum atomic E-state index is 0.433. The fraction of sp³-hybridized carbons (Fsp3) is 0.889. The fourth-order valence-electron chi connectivity index (χ4n) is 1.22. The summed E-state index contributed by atoms with van der Waals surface area (Å²) in [5.41, 5.74) is 0.433. The standard InChI is InChI=1S/C9H17NS/c1-8-10-7-9(2,3)5-4-6-11-8/h4-7H2,1-3H3. The molecule has 1 aliphatic heterocycles. The Morgan fingerprint density at radius 2 is 2.18 bits per heavy atom. The van der Waals surface area contributed by atoms with Crippen LogP contribution in [0.15, 0.2) is 4.99 Å². The van der Waals surface area contributed by atoms with E-state index in [1.165, 1.54) is 23.6 Å². The third-order valence-corrected chi connectivity index (χ3v) is 3.08. The second-order valence-corrected chi connectivity index (χ2v) is 5.24. The molecule has 1 rings (SSSR count). The topological polar surface area (TPSA) is 12.4 Å². The first kappa shape index (κ1) is 9.11. The maximum atomic E-state index is 4.52. The molecule has 0 aliphatic carbocycles. The summed E-state index contributed by atoms with van der Waals surface area (Å²) >= 11 is 1.90. The molecular weight excluding hydrogens is 154 g/mol. The first-order chi connectivity index (χ1) is 5.10.